The number of nitrogens with zero attached hydrogens (tertiary/aromatic N) is 5. The topological polar surface area (TPSA) is 94.1 Å². The first-order valence-corrected chi connectivity index (χ1v) is 10.0. The van der Waals surface area contributed by atoms with Gasteiger partial charge in [0.15, 0.2) is 5.82 Å². The Morgan fingerprint density at radius 2 is 1.96 bits per heavy atom. The molecule has 0 bridgehead atoms. The van der Waals surface area contributed by atoms with Crippen LogP contribution in [0.1, 0.15) is 22.8 Å². The van der Waals surface area contributed by atoms with Crippen molar-refractivity contribution in [1.82, 2.24) is 24.2 Å². The number of hydrogen-bond donors (Lipinski definition) is 0. The standard InChI is InChI=1S/C18H23N5O3S/c1-12-7-6-8-15(11-12)18-19-16(21-26-18)9-10-22(4)27(24,25)17-13(2)20-23(5)14(17)3/h6-8,11H,9-10H2,1-5H3. The van der Waals surface area contributed by atoms with E-state index >= 15 is 0 Å². The summed E-state index contributed by atoms with van der Waals surface area (Å²) in [5.41, 5.74) is 3.04. The van der Waals surface area contributed by atoms with Crippen molar-refractivity contribution in [2.45, 2.75) is 32.1 Å². The molecule has 0 aliphatic rings. The van der Waals surface area contributed by atoms with Crippen LogP contribution < -0.4 is 0 Å². The van der Waals surface area contributed by atoms with Crippen molar-refractivity contribution in [1.29, 1.82) is 0 Å². The van der Waals surface area contributed by atoms with Crippen LogP contribution >= 0.6 is 0 Å². The predicted octanol–water partition coefficient (Wildman–Crippen LogP) is 2.26. The van der Waals surface area contributed by atoms with Gasteiger partial charge in [-0.2, -0.15) is 10.1 Å². The lowest BCUT2D eigenvalue weighted by molar-refractivity contribution is 0.415. The van der Waals surface area contributed by atoms with Crippen molar-refractivity contribution in [2.24, 2.45) is 7.05 Å². The van der Waals surface area contributed by atoms with Gasteiger partial charge in [0, 0.05) is 32.6 Å². The van der Waals surface area contributed by atoms with Crippen LogP contribution in [-0.2, 0) is 23.5 Å². The van der Waals surface area contributed by atoms with Gasteiger partial charge in [-0.05, 0) is 32.9 Å². The molecule has 2 heterocycles. The van der Waals surface area contributed by atoms with Crippen molar-refractivity contribution in [3.05, 3.63) is 47.0 Å². The van der Waals surface area contributed by atoms with Gasteiger partial charge >= 0.3 is 0 Å². The van der Waals surface area contributed by atoms with Gasteiger partial charge < -0.3 is 4.52 Å². The maximum absolute atomic E-state index is 12.9. The van der Waals surface area contributed by atoms with E-state index in [1.165, 1.54) is 4.31 Å². The molecule has 0 atom stereocenters. The zero-order valence-corrected chi connectivity index (χ0v) is 16.9. The van der Waals surface area contributed by atoms with Crippen molar-refractivity contribution in [2.75, 3.05) is 13.6 Å². The van der Waals surface area contributed by atoms with E-state index < -0.39 is 10.0 Å². The van der Waals surface area contributed by atoms with Crippen molar-refractivity contribution >= 4 is 10.0 Å². The monoisotopic (exact) mass is 389 g/mol. The fourth-order valence-corrected chi connectivity index (χ4v) is 4.47. The number of hydrogen-bond acceptors (Lipinski definition) is 6. The highest BCUT2D eigenvalue weighted by atomic mass is 32.2. The smallest absolute Gasteiger partial charge is 0.257 e. The van der Waals surface area contributed by atoms with Crippen LogP contribution in [0.5, 0.6) is 0 Å². The Morgan fingerprint density at radius 3 is 2.59 bits per heavy atom. The molecule has 0 aliphatic heterocycles. The first-order valence-electron chi connectivity index (χ1n) is 8.56. The highest BCUT2D eigenvalue weighted by Crippen LogP contribution is 2.22. The first-order chi connectivity index (χ1) is 12.7. The Bertz CT molecular complexity index is 1070. The van der Waals surface area contributed by atoms with Gasteiger partial charge in [-0.1, -0.05) is 22.9 Å². The molecule has 0 radical (unpaired) electrons. The van der Waals surface area contributed by atoms with Gasteiger partial charge in [0.05, 0.1) is 11.4 Å². The molecule has 0 fully saturated rings. The number of sulfonamides is 1. The van der Waals surface area contributed by atoms with Gasteiger partial charge in [0.2, 0.25) is 10.0 Å². The Balaban J connectivity index is 1.73. The molecule has 8 nitrogen and oxygen atoms in total. The van der Waals surface area contributed by atoms with Gasteiger partial charge in [0.25, 0.3) is 5.89 Å². The molecule has 0 unspecified atom stereocenters. The lowest BCUT2D eigenvalue weighted by atomic mass is 10.1. The molecule has 0 spiro atoms. The molecule has 1 aromatic carbocycles. The number of benzene rings is 1. The molecule has 3 aromatic rings. The van der Waals surface area contributed by atoms with Crippen molar-refractivity contribution in [3.8, 4) is 11.5 Å². The average molecular weight is 389 g/mol. The van der Waals surface area contributed by atoms with Crippen LogP contribution in [0.3, 0.4) is 0 Å². The molecule has 2 aromatic heterocycles. The summed E-state index contributed by atoms with van der Waals surface area (Å²) in [5, 5.41) is 8.16. The van der Waals surface area contributed by atoms with Crippen molar-refractivity contribution < 1.29 is 12.9 Å². The lowest BCUT2D eigenvalue weighted by Crippen LogP contribution is -2.30. The Kier molecular flexibility index (Phi) is 5.16. The minimum atomic E-state index is -3.64. The minimum absolute atomic E-state index is 0.239. The zero-order valence-electron chi connectivity index (χ0n) is 16.1. The largest absolute Gasteiger partial charge is 0.334 e. The van der Waals surface area contributed by atoms with E-state index in [0.29, 0.717) is 29.5 Å². The summed E-state index contributed by atoms with van der Waals surface area (Å²) in [6.07, 6.45) is 0.351. The molecule has 27 heavy (non-hydrogen) atoms. The van der Waals surface area contributed by atoms with E-state index in [0.717, 1.165) is 11.1 Å². The highest BCUT2D eigenvalue weighted by molar-refractivity contribution is 7.89. The van der Waals surface area contributed by atoms with Gasteiger partial charge in [0.1, 0.15) is 4.90 Å². The Hall–Kier alpha value is -2.52. The molecule has 0 saturated heterocycles. The van der Waals surface area contributed by atoms with Gasteiger partial charge in [-0.15, -0.1) is 0 Å². The number of rotatable bonds is 6. The van der Waals surface area contributed by atoms with E-state index in [9.17, 15) is 8.42 Å². The van der Waals surface area contributed by atoms with Crippen molar-refractivity contribution in [3.63, 3.8) is 0 Å². The second-order valence-electron chi connectivity index (χ2n) is 6.59. The maximum Gasteiger partial charge on any atom is 0.257 e. The fraction of sp³-hybridized carbons (Fsp3) is 0.389. The molecular formula is C18H23N5O3S. The van der Waals surface area contributed by atoms with Gasteiger partial charge in [-0.3, -0.25) is 4.68 Å². The van der Waals surface area contributed by atoms with Crippen LogP contribution in [0.25, 0.3) is 11.5 Å². The summed E-state index contributed by atoms with van der Waals surface area (Å²) >= 11 is 0. The van der Waals surface area contributed by atoms with Crippen LogP contribution in [0.2, 0.25) is 0 Å². The Morgan fingerprint density at radius 1 is 1.22 bits per heavy atom. The SMILES string of the molecule is Cc1cccc(-c2nc(CCN(C)S(=O)(=O)c3c(C)nn(C)c3C)no2)c1. The van der Waals surface area contributed by atoms with E-state index in [1.54, 1.807) is 32.6 Å². The number of aromatic nitrogens is 4. The second kappa shape index (κ2) is 7.24. The summed E-state index contributed by atoms with van der Waals surface area (Å²) in [6, 6.07) is 7.77. The third-order valence-corrected chi connectivity index (χ3v) is 6.60. The molecule has 144 valence electrons. The van der Waals surface area contributed by atoms with Crippen LogP contribution in [0.4, 0.5) is 0 Å². The number of aryl methyl sites for hydroxylation is 3. The zero-order chi connectivity index (χ0) is 19.8. The summed E-state index contributed by atoms with van der Waals surface area (Å²) < 4.78 is 33.9. The molecular weight excluding hydrogens is 366 g/mol. The van der Waals surface area contributed by atoms with Crippen LogP contribution in [0.15, 0.2) is 33.7 Å². The first kappa shape index (κ1) is 19.2. The predicted molar refractivity (Wildman–Crippen MR) is 101 cm³/mol. The minimum Gasteiger partial charge on any atom is -0.334 e. The van der Waals surface area contributed by atoms with Crippen LogP contribution in [0, 0.1) is 20.8 Å². The molecule has 0 saturated carbocycles. The van der Waals surface area contributed by atoms with Gasteiger partial charge in [-0.25, -0.2) is 12.7 Å². The molecule has 0 N–H and O–H groups in total. The molecule has 9 heteroatoms. The molecule has 0 aliphatic carbocycles. The van der Waals surface area contributed by atoms with E-state index in [1.807, 2.05) is 31.2 Å². The van der Waals surface area contributed by atoms with E-state index in [4.69, 9.17) is 4.52 Å². The summed E-state index contributed by atoms with van der Waals surface area (Å²) in [6.45, 7) is 5.67. The summed E-state index contributed by atoms with van der Waals surface area (Å²) in [7, 11) is -0.363. The second-order valence-corrected chi connectivity index (χ2v) is 8.57. The number of likely N-dealkylation sites (N-methyl/N-ethyl adjacent to an activating group) is 1. The lowest BCUT2D eigenvalue weighted by Gasteiger charge is -2.16. The highest BCUT2D eigenvalue weighted by Gasteiger charge is 2.28. The summed E-state index contributed by atoms with van der Waals surface area (Å²) in [5.74, 6) is 0.895. The van der Waals surface area contributed by atoms with E-state index in [2.05, 4.69) is 15.2 Å². The Labute approximate surface area is 158 Å². The third kappa shape index (κ3) is 3.79. The quantitative estimate of drug-likeness (QED) is 0.642. The fourth-order valence-electron chi connectivity index (χ4n) is 2.91. The third-order valence-electron chi connectivity index (χ3n) is 4.49. The molecule has 3 rings (SSSR count). The maximum atomic E-state index is 12.9. The molecule has 0 amide bonds. The summed E-state index contributed by atoms with van der Waals surface area (Å²) in [4.78, 5) is 4.62. The van der Waals surface area contributed by atoms with E-state index in [-0.39, 0.29) is 11.4 Å². The normalized spacial score (nSPS) is 12.1. The van der Waals surface area contributed by atoms with Crippen LogP contribution in [-0.4, -0.2) is 46.2 Å². The average Bonchev–Trinajstić information content (AvgIpc) is 3.17.